The number of anilines is 1. The fraction of sp³-hybridized carbons (Fsp3) is 0.333. The molecule has 0 saturated carbocycles. The third-order valence-corrected chi connectivity index (χ3v) is 4.80. The van der Waals surface area contributed by atoms with Gasteiger partial charge in [0, 0.05) is 12.6 Å². The SMILES string of the molecule is CCCN1C(=O)C(Nc2ccc(OC)cc2OC)=C(c2ccc(OC(C)C)cc2)C1=O. The van der Waals surface area contributed by atoms with Crippen molar-refractivity contribution >= 4 is 23.1 Å². The molecule has 1 aliphatic rings. The van der Waals surface area contributed by atoms with Crippen molar-refractivity contribution in [2.24, 2.45) is 0 Å². The Balaban J connectivity index is 2.04. The summed E-state index contributed by atoms with van der Waals surface area (Å²) in [5, 5.41) is 3.13. The number of nitrogens with one attached hydrogen (secondary N) is 1. The highest BCUT2D eigenvalue weighted by atomic mass is 16.5. The van der Waals surface area contributed by atoms with E-state index in [9.17, 15) is 9.59 Å². The monoisotopic (exact) mass is 424 g/mol. The fourth-order valence-corrected chi connectivity index (χ4v) is 3.40. The molecular weight excluding hydrogens is 396 g/mol. The minimum atomic E-state index is -0.359. The Bertz CT molecular complexity index is 996. The summed E-state index contributed by atoms with van der Waals surface area (Å²) in [5.74, 6) is 1.15. The molecule has 0 spiro atoms. The summed E-state index contributed by atoms with van der Waals surface area (Å²) < 4.78 is 16.4. The molecule has 7 nitrogen and oxygen atoms in total. The number of rotatable bonds is 9. The molecule has 3 rings (SSSR count). The van der Waals surface area contributed by atoms with Crippen molar-refractivity contribution in [3.63, 3.8) is 0 Å². The lowest BCUT2D eigenvalue weighted by atomic mass is 10.0. The minimum Gasteiger partial charge on any atom is -0.497 e. The Hall–Kier alpha value is -3.48. The average molecular weight is 424 g/mol. The van der Waals surface area contributed by atoms with Gasteiger partial charge in [0.2, 0.25) is 0 Å². The maximum Gasteiger partial charge on any atom is 0.278 e. The summed E-state index contributed by atoms with van der Waals surface area (Å²) in [6.07, 6.45) is 0.713. The maximum atomic E-state index is 13.1. The lowest BCUT2D eigenvalue weighted by molar-refractivity contribution is -0.136. The van der Waals surface area contributed by atoms with Crippen LogP contribution in [0.3, 0.4) is 0 Å². The van der Waals surface area contributed by atoms with E-state index in [1.165, 1.54) is 12.0 Å². The number of imide groups is 1. The molecule has 1 aliphatic heterocycles. The minimum absolute atomic E-state index is 0.0413. The molecule has 2 amide bonds. The Labute approximate surface area is 182 Å². The zero-order valence-corrected chi connectivity index (χ0v) is 18.5. The van der Waals surface area contributed by atoms with E-state index in [2.05, 4.69) is 5.32 Å². The van der Waals surface area contributed by atoms with Gasteiger partial charge in [0.15, 0.2) is 0 Å². The van der Waals surface area contributed by atoms with Gasteiger partial charge in [-0.2, -0.15) is 0 Å². The molecule has 2 aromatic carbocycles. The van der Waals surface area contributed by atoms with E-state index >= 15 is 0 Å². The van der Waals surface area contributed by atoms with Crippen LogP contribution in [0.5, 0.6) is 17.2 Å². The van der Waals surface area contributed by atoms with Crippen LogP contribution in [-0.4, -0.2) is 43.6 Å². The molecule has 7 heteroatoms. The molecule has 0 aliphatic carbocycles. The van der Waals surface area contributed by atoms with Gasteiger partial charge in [0.1, 0.15) is 22.9 Å². The van der Waals surface area contributed by atoms with Crippen LogP contribution in [0.25, 0.3) is 5.57 Å². The molecule has 31 heavy (non-hydrogen) atoms. The normalized spacial score (nSPS) is 13.8. The van der Waals surface area contributed by atoms with Crippen molar-refractivity contribution in [1.82, 2.24) is 4.90 Å². The molecule has 0 fully saturated rings. The van der Waals surface area contributed by atoms with E-state index in [1.54, 1.807) is 49.6 Å². The van der Waals surface area contributed by atoms with Crippen molar-refractivity contribution < 1.29 is 23.8 Å². The molecule has 0 atom stereocenters. The van der Waals surface area contributed by atoms with Crippen LogP contribution in [0.1, 0.15) is 32.8 Å². The second-order valence-corrected chi connectivity index (χ2v) is 7.39. The highest BCUT2D eigenvalue weighted by Gasteiger charge is 2.39. The Morgan fingerprint density at radius 3 is 2.19 bits per heavy atom. The Morgan fingerprint density at radius 1 is 0.935 bits per heavy atom. The topological polar surface area (TPSA) is 77.1 Å². The first-order chi connectivity index (χ1) is 14.9. The fourth-order valence-electron chi connectivity index (χ4n) is 3.40. The van der Waals surface area contributed by atoms with Crippen LogP contribution in [0.15, 0.2) is 48.2 Å². The highest BCUT2D eigenvalue weighted by molar-refractivity contribution is 6.36. The number of hydrogen-bond acceptors (Lipinski definition) is 6. The van der Waals surface area contributed by atoms with Crippen molar-refractivity contribution in [3.8, 4) is 17.2 Å². The van der Waals surface area contributed by atoms with Gasteiger partial charge < -0.3 is 19.5 Å². The second kappa shape index (κ2) is 9.55. The van der Waals surface area contributed by atoms with Crippen molar-refractivity contribution in [2.45, 2.75) is 33.3 Å². The number of hydrogen-bond donors (Lipinski definition) is 1. The molecule has 164 valence electrons. The molecule has 1 heterocycles. The van der Waals surface area contributed by atoms with E-state index in [1.807, 2.05) is 20.8 Å². The predicted octanol–water partition coefficient (Wildman–Crippen LogP) is 4.09. The van der Waals surface area contributed by atoms with Crippen molar-refractivity contribution in [3.05, 3.63) is 53.7 Å². The quantitative estimate of drug-likeness (QED) is 0.611. The van der Waals surface area contributed by atoms with Crippen LogP contribution in [0.4, 0.5) is 5.69 Å². The molecule has 0 radical (unpaired) electrons. The van der Waals surface area contributed by atoms with Crippen LogP contribution in [-0.2, 0) is 9.59 Å². The molecule has 0 aromatic heterocycles. The van der Waals surface area contributed by atoms with Crippen LogP contribution in [0.2, 0.25) is 0 Å². The summed E-state index contributed by atoms with van der Waals surface area (Å²) in [4.78, 5) is 27.5. The molecular formula is C24H28N2O5. The number of carbonyl (C=O) groups is 2. The van der Waals surface area contributed by atoms with Gasteiger partial charge >= 0.3 is 0 Å². The van der Waals surface area contributed by atoms with Gasteiger partial charge in [-0.15, -0.1) is 0 Å². The number of amides is 2. The molecule has 0 bridgehead atoms. The van der Waals surface area contributed by atoms with Gasteiger partial charge in [-0.3, -0.25) is 14.5 Å². The van der Waals surface area contributed by atoms with E-state index in [0.717, 1.165) is 0 Å². The average Bonchev–Trinajstić information content (AvgIpc) is 2.99. The van der Waals surface area contributed by atoms with Crippen molar-refractivity contribution in [1.29, 1.82) is 0 Å². The Morgan fingerprint density at radius 2 is 1.61 bits per heavy atom. The second-order valence-electron chi connectivity index (χ2n) is 7.39. The number of carbonyl (C=O) groups excluding carboxylic acids is 2. The highest BCUT2D eigenvalue weighted by Crippen LogP contribution is 2.35. The van der Waals surface area contributed by atoms with Gasteiger partial charge in [0.05, 0.1) is 31.6 Å². The number of methoxy groups -OCH3 is 2. The maximum absolute atomic E-state index is 13.1. The van der Waals surface area contributed by atoms with E-state index in [0.29, 0.717) is 47.0 Å². The smallest absolute Gasteiger partial charge is 0.278 e. The van der Waals surface area contributed by atoms with E-state index in [-0.39, 0.29) is 23.6 Å². The summed E-state index contributed by atoms with van der Waals surface area (Å²) in [6.45, 7) is 6.17. The van der Waals surface area contributed by atoms with Gasteiger partial charge in [-0.25, -0.2) is 0 Å². The van der Waals surface area contributed by atoms with Crippen LogP contribution < -0.4 is 19.5 Å². The Kier molecular flexibility index (Phi) is 6.84. The summed E-state index contributed by atoms with van der Waals surface area (Å²) in [6, 6.07) is 12.4. The third kappa shape index (κ3) is 4.66. The van der Waals surface area contributed by atoms with Gasteiger partial charge in [-0.1, -0.05) is 19.1 Å². The summed E-state index contributed by atoms with van der Waals surface area (Å²) in [7, 11) is 3.10. The summed E-state index contributed by atoms with van der Waals surface area (Å²) in [5.41, 5.74) is 1.75. The van der Waals surface area contributed by atoms with Gasteiger partial charge in [-0.05, 0) is 50.1 Å². The number of ether oxygens (including phenoxy) is 3. The number of nitrogens with zero attached hydrogens (tertiary/aromatic N) is 1. The first-order valence-corrected chi connectivity index (χ1v) is 10.3. The first-order valence-electron chi connectivity index (χ1n) is 10.3. The third-order valence-electron chi connectivity index (χ3n) is 4.80. The lowest BCUT2D eigenvalue weighted by Gasteiger charge is -2.15. The standard InChI is InChI=1S/C24H28N2O5/c1-6-13-26-23(27)21(16-7-9-17(10-8-16)31-15(2)3)22(24(26)28)25-19-12-11-18(29-4)14-20(19)30-5/h7-12,14-15,25H,6,13H2,1-5H3. The number of benzene rings is 2. The predicted molar refractivity (Wildman–Crippen MR) is 119 cm³/mol. The van der Waals surface area contributed by atoms with Crippen LogP contribution >= 0.6 is 0 Å². The molecule has 1 N–H and O–H groups in total. The van der Waals surface area contributed by atoms with Crippen molar-refractivity contribution in [2.75, 3.05) is 26.1 Å². The first kappa shape index (κ1) is 22.2. The molecule has 0 saturated heterocycles. The van der Waals surface area contributed by atoms with Gasteiger partial charge in [0.25, 0.3) is 11.8 Å². The van der Waals surface area contributed by atoms with E-state index < -0.39 is 0 Å². The zero-order valence-electron chi connectivity index (χ0n) is 18.5. The van der Waals surface area contributed by atoms with Crippen LogP contribution in [0, 0.1) is 0 Å². The van der Waals surface area contributed by atoms with E-state index in [4.69, 9.17) is 14.2 Å². The molecule has 2 aromatic rings. The lowest BCUT2D eigenvalue weighted by Crippen LogP contribution is -2.33. The zero-order chi connectivity index (χ0) is 22.5. The molecule has 0 unspecified atom stereocenters. The summed E-state index contributed by atoms with van der Waals surface area (Å²) >= 11 is 0. The largest absolute Gasteiger partial charge is 0.497 e.